The molecule has 0 radical (unpaired) electrons. The summed E-state index contributed by atoms with van der Waals surface area (Å²) < 4.78 is 33.4. The van der Waals surface area contributed by atoms with E-state index >= 15 is 0 Å². The number of benzene rings is 1. The number of alkyl halides is 2. The minimum Gasteiger partial charge on any atom is -0.378 e. The van der Waals surface area contributed by atoms with E-state index < -0.39 is 6.55 Å². The summed E-state index contributed by atoms with van der Waals surface area (Å²) in [6.07, 6.45) is 0. The van der Waals surface area contributed by atoms with Crippen LogP contribution in [-0.4, -0.2) is 89.2 Å². The van der Waals surface area contributed by atoms with Crippen molar-refractivity contribution in [2.45, 2.75) is 13.1 Å². The Morgan fingerprint density at radius 1 is 1.04 bits per heavy atom. The van der Waals surface area contributed by atoms with Crippen LogP contribution in [0.5, 0.6) is 0 Å². The maximum atomic E-state index is 13.6. The number of halogens is 2. The highest BCUT2D eigenvalue weighted by Gasteiger charge is 2.25. The Hall–Kier alpha value is -2.10. The van der Waals surface area contributed by atoms with Crippen LogP contribution in [0.2, 0.25) is 0 Å². The van der Waals surface area contributed by atoms with Crippen LogP contribution in [0, 0.1) is 0 Å². The number of para-hydroxylation sites is 2. The van der Waals surface area contributed by atoms with Gasteiger partial charge in [-0.2, -0.15) is 8.78 Å². The second-order valence-electron chi connectivity index (χ2n) is 7.21. The largest absolute Gasteiger partial charge is 0.378 e. The fraction of sp³-hybridized carbons (Fsp3) is 0.579. The van der Waals surface area contributed by atoms with Crippen LogP contribution >= 0.6 is 0 Å². The lowest BCUT2D eigenvalue weighted by Crippen LogP contribution is -2.51. The number of piperazine rings is 1. The molecule has 4 rings (SSSR count). The molecule has 0 spiro atoms. The van der Waals surface area contributed by atoms with Gasteiger partial charge in [0.15, 0.2) is 0 Å². The third-order valence-electron chi connectivity index (χ3n) is 5.42. The molecule has 0 unspecified atom stereocenters. The average Bonchev–Trinajstić information content (AvgIpc) is 3.08. The molecule has 0 N–H and O–H groups in total. The number of hydrogen-bond donors (Lipinski definition) is 0. The van der Waals surface area contributed by atoms with Gasteiger partial charge in [0.05, 0.1) is 37.3 Å². The Bertz CT molecular complexity index is 814. The molecule has 2 aromatic rings. The van der Waals surface area contributed by atoms with Gasteiger partial charge in [0.25, 0.3) is 0 Å². The minimum absolute atomic E-state index is 0.135. The SMILES string of the molecule is O=C(CN1CCN(Cc2nc3ccccc3n2C(F)F)CC1)N1CCOCC1. The number of amides is 1. The number of morpholine rings is 1. The summed E-state index contributed by atoms with van der Waals surface area (Å²) in [6.45, 7) is 3.62. The average molecular weight is 393 g/mol. The van der Waals surface area contributed by atoms with E-state index in [9.17, 15) is 13.6 Å². The summed E-state index contributed by atoms with van der Waals surface area (Å²) in [5.41, 5.74) is 1.05. The van der Waals surface area contributed by atoms with Gasteiger partial charge < -0.3 is 9.64 Å². The lowest BCUT2D eigenvalue weighted by Gasteiger charge is -2.35. The van der Waals surface area contributed by atoms with E-state index in [-0.39, 0.29) is 5.91 Å². The normalized spacial score (nSPS) is 19.6. The smallest absolute Gasteiger partial charge is 0.320 e. The third kappa shape index (κ3) is 4.16. The standard InChI is InChI=1S/C19H25F2N5O2/c20-19(21)26-16-4-2-1-3-15(16)22-17(26)13-23-5-7-24(8-6-23)14-18(27)25-9-11-28-12-10-25/h1-4,19H,5-14H2. The van der Waals surface area contributed by atoms with Crippen LogP contribution in [0.25, 0.3) is 11.0 Å². The van der Waals surface area contributed by atoms with Crippen molar-refractivity contribution < 1.29 is 18.3 Å². The Labute approximate surface area is 162 Å². The van der Waals surface area contributed by atoms with E-state index in [1.807, 2.05) is 4.90 Å². The van der Waals surface area contributed by atoms with Gasteiger partial charge in [0, 0.05) is 39.3 Å². The number of imidazole rings is 1. The number of aromatic nitrogens is 2. The zero-order valence-electron chi connectivity index (χ0n) is 15.8. The van der Waals surface area contributed by atoms with Crippen molar-refractivity contribution in [2.75, 3.05) is 59.0 Å². The molecule has 152 valence electrons. The molecule has 2 aliphatic rings. The summed E-state index contributed by atoms with van der Waals surface area (Å²) in [4.78, 5) is 22.9. The van der Waals surface area contributed by atoms with Crippen LogP contribution in [0.1, 0.15) is 12.4 Å². The van der Waals surface area contributed by atoms with Gasteiger partial charge in [0.1, 0.15) is 5.82 Å². The minimum atomic E-state index is -2.62. The van der Waals surface area contributed by atoms with Gasteiger partial charge in [-0.15, -0.1) is 0 Å². The first-order valence-corrected chi connectivity index (χ1v) is 9.66. The van der Waals surface area contributed by atoms with E-state index in [0.717, 1.165) is 30.7 Å². The molecule has 0 saturated carbocycles. The van der Waals surface area contributed by atoms with Crippen LogP contribution in [0.15, 0.2) is 24.3 Å². The van der Waals surface area contributed by atoms with Crippen molar-refractivity contribution in [3.63, 3.8) is 0 Å². The molecule has 1 amide bonds. The molecule has 28 heavy (non-hydrogen) atoms. The van der Waals surface area contributed by atoms with Crippen molar-refractivity contribution >= 4 is 16.9 Å². The first-order chi connectivity index (χ1) is 13.6. The quantitative estimate of drug-likeness (QED) is 0.769. The van der Waals surface area contributed by atoms with E-state index in [0.29, 0.717) is 56.3 Å². The van der Waals surface area contributed by atoms with E-state index in [1.54, 1.807) is 24.3 Å². The molecule has 3 heterocycles. The predicted molar refractivity (Wildman–Crippen MR) is 100 cm³/mol. The molecule has 2 saturated heterocycles. The molecule has 2 aliphatic heterocycles. The number of carbonyl (C=O) groups is 1. The van der Waals surface area contributed by atoms with Crippen LogP contribution < -0.4 is 0 Å². The van der Waals surface area contributed by atoms with Crippen LogP contribution in [0.3, 0.4) is 0 Å². The number of rotatable bonds is 5. The fourth-order valence-corrected chi connectivity index (χ4v) is 3.83. The Kier molecular flexibility index (Phi) is 5.84. The molecule has 7 nitrogen and oxygen atoms in total. The highest BCUT2D eigenvalue weighted by atomic mass is 19.3. The van der Waals surface area contributed by atoms with Crippen LogP contribution in [0.4, 0.5) is 8.78 Å². The Morgan fingerprint density at radius 2 is 1.71 bits per heavy atom. The number of nitrogens with zero attached hydrogens (tertiary/aromatic N) is 5. The lowest BCUT2D eigenvalue weighted by molar-refractivity contribution is -0.136. The van der Waals surface area contributed by atoms with E-state index in [1.165, 1.54) is 0 Å². The zero-order valence-corrected chi connectivity index (χ0v) is 15.8. The Balaban J connectivity index is 1.34. The first-order valence-electron chi connectivity index (χ1n) is 9.66. The predicted octanol–water partition coefficient (Wildman–Crippen LogP) is 1.41. The summed E-state index contributed by atoms with van der Waals surface area (Å²) in [5, 5.41) is 0. The summed E-state index contributed by atoms with van der Waals surface area (Å²) in [5.74, 6) is 0.519. The van der Waals surface area contributed by atoms with Gasteiger partial charge >= 0.3 is 6.55 Å². The molecule has 0 bridgehead atoms. The molecular formula is C19H25F2N5O2. The number of ether oxygens (including phenoxy) is 1. The second-order valence-corrected chi connectivity index (χ2v) is 7.21. The summed E-state index contributed by atoms with van der Waals surface area (Å²) in [6, 6.07) is 6.98. The molecule has 0 atom stereocenters. The van der Waals surface area contributed by atoms with Gasteiger partial charge in [-0.3, -0.25) is 19.2 Å². The molecule has 9 heteroatoms. The highest BCUT2D eigenvalue weighted by Crippen LogP contribution is 2.24. The zero-order chi connectivity index (χ0) is 19.5. The first kappa shape index (κ1) is 19.2. The lowest BCUT2D eigenvalue weighted by atomic mass is 10.3. The number of carbonyl (C=O) groups excluding carboxylic acids is 1. The summed E-state index contributed by atoms with van der Waals surface area (Å²) in [7, 11) is 0. The maximum Gasteiger partial charge on any atom is 0.320 e. The molecule has 1 aromatic carbocycles. The third-order valence-corrected chi connectivity index (χ3v) is 5.42. The van der Waals surface area contributed by atoms with Crippen molar-refractivity contribution in [1.82, 2.24) is 24.3 Å². The molecular weight excluding hydrogens is 368 g/mol. The van der Waals surface area contributed by atoms with Gasteiger partial charge in [-0.1, -0.05) is 12.1 Å². The van der Waals surface area contributed by atoms with Crippen molar-refractivity contribution in [1.29, 1.82) is 0 Å². The molecule has 2 fully saturated rings. The van der Waals surface area contributed by atoms with Crippen molar-refractivity contribution in [3.05, 3.63) is 30.1 Å². The highest BCUT2D eigenvalue weighted by molar-refractivity contribution is 5.78. The second kappa shape index (κ2) is 8.50. The van der Waals surface area contributed by atoms with Gasteiger partial charge in [0.2, 0.25) is 5.91 Å². The maximum absolute atomic E-state index is 13.6. The van der Waals surface area contributed by atoms with Gasteiger partial charge in [-0.05, 0) is 12.1 Å². The number of fused-ring (bicyclic) bond motifs is 1. The fourth-order valence-electron chi connectivity index (χ4n) is 3.83. The molecule has 0 aliphatic carbocycles. The topological polar surface area (TPSA) is 53.8 Å². The van der Waals surface area contributed by atoms with Crippen LogP contribution in [-0.2, 0) is 16.1 Å². The molecule has 1 aromatic heterocycles. The number of hydrogen-bond acceptors (Lipinski definition) is 5. The van der Waals surface area contributed by atoms with Crippen molar-refractivity contribution in [2.24, 2.45) is 0 Å². The van der Waals surface area contributed by atoms with Gasteiger partial charge in [-0.25, -0.2) is 4.98 Å². The van der Waals surface area contributed by atoms with E-state index in [4.69, 9.17) is 4.74 Å². The summed E-state index contributed by atoms with van der Waals surface area (Å²) >= 11 is 0. The Morgan fingerprint density at radius 3 is 2.43 bits per heavy atom. The van der Waals surface area contributed by atoms with E-state index in [2.05, 4.69) is 14.8 Å². The monoisotopic (exact) mass is 393 g/mol. The van der Waals surface area contributed by atoms with Crippen molar-refractivity contribution in [3.8, 4) is 0 Å².